The molecule has 1 amide bonds. The van der Waals surface area contributed by atoms with Gasteiger partial charge in [0.25, 0.3) is 0 Å². The van der Waals surface area contributed by atoms with Gasteiger partial charge in [-0.15, -0.1) is 0 Å². The van der Waals surface area contributed by atoms with Gasteiger partial charge in [-0.3, -0.25) is 14.7 Å². The number of para-hydroxylation sites is 1. The molecule has 2 saturated heterocycles. The summed E-state index contributed by atoms with van der Waals surface area (Å²) >= 11 is 0. The van der Waals surface area contributed by atoms with E-state index in [9.17, 15) is 9.18 Å². The molecule has 31 heavy (non-hydrogen) atoms. The number of ether oxygens (including phenoxy) is 1. The highest BCUT2D eigenvalue weighted by Gasteiger charge is 2.36. The number of anilines is 1. The molecule has 164 valence electrons. The molecule has 0 spiro atoms. The summed E-state index contributed by atoms with van der Waals surface area (Å²) in [7, 11) is 3.73. The van der Waals surface area contributed by atoms with E-state index in [1.807, 2.05) is 30.5 Å². The monoisotopic (exact) mass is 425 g/mol. The topological polar surface area (TPSA) is 72.7 Å². The summed E-state index contributed by atoms with van der Waals surface area (Å²) in [6.45, 7) is 1.87. The van der Waals surface area contributed by atoms with E-state index in [2.05, 4.69) is 27.9 Å². The van der Waals surface area contributed by atoms with Crippen LogP contribution < -0.4 is 9.64 Å². The summed E-state index contributed by atoms with van der Waals surface area (Å²) in [4.78, 5) is 22.9. The molecule has 2 aromatic rings. The Bertz CT molecular complexity index is 986. The molecule has 0 bridgehead atoms. The lowest BCUT2D eigenvalue weighted by molar-refractivity contribution is -0.132. The van der Waals surface area contributed by atoms with Crippen molar-refractivity contribution in [3.63, 3.8) is 0 Å². The van der Waals surface area contributed by atoms with E-state index in [-0.39, 0.29) is 25.4 Å². The second-order valence-electron chi connectivity index (χ2n) is 8.37. The molecular formula is C23H28FN5O2. The van der Waals surface area contributed by atoms with E-state index in [0.29, 0.717) is 6.04 Å². The maximum absolute atomic E-state index is 13.6. The maximum atomic E-state index is 13.6. The largest absolute Gasteiger partial charge is 0.494 e. The molecule has 0 unspecified atom stereocenters. The highest BCUT2D eigenvalue weighted by molar-refractivity contribution is 5.87. The second kappa shape index (κ2) is 9.06. The Hall–Kier alpha value is -2.92. The predicted molar refractivity (Wildman–Crippen MR) is 117 cm³/mol. The van der Waals surface area contributed by atoms with Gasteiger partial charge in [0.2, 0.25) is 5.91 Å². The van der Waals surface area contributed by atoms with Crippen molar-refractivity contribution in [2.75, 3.05) is 45.2 Å². The van der Waals surface area contributed by atoms with E-state index in [0.717, 1.165) is 48.3 Å². The van der Waals surface area contributed by atoms with Gasteiger partial charge in [0.15, 0.2) is 0 Å². The van der Waals surface area contributed by atoms with Gasteiger partial charge in [-0.05, 0) is 25.0 Å². The third-order valence-electron chi connectivity index (χ3n) is 6.47. The number of halogens is 1. The molecule has 2 atom stereocenters. The van der Waals surface area contributed by atoms with Crippen molar-refractivity contribution in [2.45, 2.75) is 37.5 Å². The van der Waals surface area contributed by atoms with Crippen LogP contribution in [0.25, 0.3) is 10.9 Å². The van der Waals surface area contributed by atoms with Crippen LogP contribution in [0.2, 0.25) is 0 Å². The Labute approximate surface area is 182 Å². The highest BCUT2D eigenvalue weighted by Crippen LogP contribution is 2.29. The average molecular weight is 426 g/mol. The normalized spacial score (nSPS) is 22.5. The first kappa shape index (κ1) is 21.3. The van der Waals surface area contributed by atoms with Gasteiger partial charge >= 0.3 is 0 Å². The van der Waals surface area contributed by atoms with Crippen LogP contribution in [0.1, 0.15) is 19.3 Å². The van der Waals surface area contributed by atoms with Gasteiger partial charge < -0.3 is 14.5 Å². The average Bonchev–Trinajstić information content (AvgIpc) is 3.19. The summed E-state index contributed by atoms with van der Waals surface area (Å²) in [5.41, 5.74) is 1.90. The number of likely N-dealkylation sites (tertiary alicyclic amines) is 2. The number of hydrogen-bond donors (Lipinski definition) is 0. The van der Waals surface area contributed by atoms with Crippen molar-refractivity contribution in [1.29, 1.82) is 5.26 Å². The molecule has 0 saturated carbocycles. The van der Waals surface area contributed by atoms with Gasteiger partial charge in [-0.25, -0.2) is 4.39 Å². The number of nitriles is 1. The van der Waals surface area contributed by atoms with Crippen molar-refractivity contribution >= 4 is 22.5 Å². The number of amides is 1. The quantitative estimate of drug-likeness (QED) is 0.733. The predicted octanol–water partition coefficient (Wildman–Crippen LogP) is 2.61. The highest BCUT2D eigenvalue weighted by atomic mass is 19.1. The molecule has 2 aliphatic rings. The summed E-state index contributed by atoms with van der Waals surface area (Å²) in [5, 5.41) is 10.2. The fourth-order valence-electron chi connectivity index (χ4n) is 4.62. The Balaban J connectivity index is 1.35. The van der Waals surface area contributed by atoms with Crippen molar-refractivity contribution < 1.29 is 13.9 Å². The molecule has 7 nitrogen and oxygen atoms in total. The number of piperidine rings is 1. The smallest absolute Gasteiger partial charge is 0.237 e. The number of alkyl halides is 1. The van der Waals surface area contributed by atoms with Crippen LogP contribution in [0.3, 0.4) is 0 Å². The number of hydrogen-bond acceptors (Lipinski definition) is 6. The lowest BCUT2D eigenvalue weighted by atomic mass is 10.0. The van der Waals surface area contributed by atoms with Crippen LogP contribution in [0, 0.1) is 11.3 Å². The lowest BCUT2D eigenvalue weighted by Gasteiger charge is -2.38. The third-order valence-corrected chi connectivity index (χ3v) is 6.47. The fourth-order valence-corrected chi connectivity index (χ4v) is 4.62. The second-order valence-corrected chi connectivity index (χ2v) is 8.37. The number of benzene rings is 1. The minimum absolute atomic E-state index is 0.0377. The van der Waals surface area contributed by atoms with Crippen LogP contribution >= 0.6 is 0 Å². The Morgan fingerprint density at radius 3 is 2.87 bits per heavy atom. The Morgan fingerprint density at radius 2 is 2.16 bits per heavy atom. The van der Waals surface area contributed by atoms with E-state index >= 15 is 0 Å². The summed E-state index contributed by atoms with van der Waals surface area (Å²) in [6.07, 6.45) is 2.76. The summed E-state index contributed by atoms with van der Waals surface area (Å²) < 4.78 is 19.0. The standard InChI is InChI=1S/C23H28FN5O2/c1-27(20-10-16-4-3-5-21(31-2)23(16)26-13-20)18-6-8-28(9-7-18)15-22(30)29-14-17(24)11-19(29)12-25/h3-5,10,13,17-19H,6-9,11,14-15H2,1-2H3/t17-,19-/m0/s1. The van der Waals surface area contributed by atoms with Crippen molar-refractivity contribution in [3.05, 3.63) is 30.5 Å². The summed E-state index contributed by atoms with van der Waals surface area (Å²) in [5.74, 6) is 0.617. The van der Waals surface area contributed by atoms with Gasteiger partial charge in [0.05, 0.1) is 38.2 Å². The molecule has 0 radical (unpaired) electrons. The van der Waals surface area contributed by atoms with E-state index in [1.165, 1.54) is 4.90 Å². The number of aromatic nitrogens is 1. The van der Waals surface area contributed by atoms with Gasteiger partial charge in [-0.2, -0.15) is 5.26 Å². The molecule has 1 aromatic carbocycles. The molecule has 0 N–H and O–H groups in total. The first-order valence-corrected chi connectivity index (χ1v) is 10.7. The zero-order chi connectivity index (χ0) is 22.0. The van der Waals surface area contributed by atoms with Crippen LogP contribution in [0.4, 0.5) is 10.1 Å². The number of nitrogens with zero attached hydrogens (tertiary/aromatic N) is 5. The third kappa shape index (κ3) is 4.42. The van der Waals surface area contributed by atoms with Crippen LogP contribution in [0.15, 0.2) is 30.5 Å². The zero-order valence-corrected chi connectivity index (χ0v) is 18.0. The fraction of sp³-hybridized carbons (Fsp3) is 0.522. The molecular weight excluding hydrogens is 397 g/mol. The van der Waals surface area contributed by atoms with E-state index < -0.39 is 12.2 Å². The van der Waals surface area contributed by atoms with E-state index in [4.69, 9.17) is 10.00 Å². The number of rotatable bonds is 5. The molecule has 3 heterocycles. The molecule has 4 rings (SSSR count). The molecule has 8 heteroatoms. The Morgan fingerprint density at radius 1 is 1.39 bits per heavy atom. The van der Waals surface area contributed by atoms with Gasteiger partial charge in [0.1, 0.15) is 23.5 Å². The first-order valence-electron chi connectivity index (χ1n) is 10.7. The molecule has 1 aromatic heterocycles. The van der Waals surface area contributed by atoms with Crippen molar-refractivity contribution in [3.8, 4) is 11.8 Å². The number of carbonyl (C=O) groups is 1. The minimum Gasteiger partial charge on any atom is -0.494 e. The maximum Gasteiger partial charge on any atom is 0.237 e. The lowest BCUT2D eigenvalue weighted by Crippen LogP contribution is -2.48. The van der Waals surface area contributed by atoms with Crippen molar-refractivity contribution in [2.24, 2.45) is 0 Å². The number of fused-ring (bicyclic) bond motifs is 1. The number of methoxy groups -OCH3 is 1. The van der Waals surface area contributed by atoms with Crippen LogP contribution in [0.5, 0.6) is 5.75 Å². The molecule has 2 fully saturated rings. The Kier molecular flexibility index (Phi) is 6.23. The molecule has 2 aliphatic heterocycles. The number of carbonyl (C=O) groups excluding carboxylic acids is 1. The summed E-state index contributed by atoms with van der Waals surface area (Å²) in [6, 6.07) is 9.80. The van der Waals surface area contributed by atoms with Crippen molar-refractivity contribution in [1.82, 2.24) is 14.8 Å². The van der Waals surface area contributed by atoms with E-state index in [1.54, 1.807) is 7.11 Å². The molecule has 0 aliphatic carbocycles. The van der Waals surface area contributed by atoms with Crippen LogP contribution in [-0.2, 0) is 4.79 Å². The number of pyridine rings is 1. The minimum atomic E-state index is -1.09. The van der Waals surface area contributed by atoms with Gasteiger partial charge in [0, 0.05) is 38.0 Å². The SMILES string of the molecule is COc1cccc2cc(N(C)C3CCN(CC(=O)N4C[C@@H](F)C[C@H]4C#N)CC3)cnc12. The zero-order valence-electron chi connectivity index (χ0n) is 18.0. The van der Waals surface area contributed by atoms with Crippen LogP contribution in [-0.4, -0.2) is 79.3 Å². The van der Waals surface area contributed by atoms with Gasteiger partial charge in [-0.1, -0.05) is 12.1 Å². The first-order chi connectivity index (χ1) is 15.0.